The summed E-state index contributed by atoms with van der Waals surface area (Å²) in [6, 6.07) is 12.6. The summed E-state index contributed by atoms with van der Waals surface area (Å²) in [7, 11) is 0. The van der Waals surface area contributed by atoms with Crippen molar-refractivity contribution in [2.24, 2.45) is 0 Å². The first-order chi connectivity index (χ1) is 12.1. The van der Waals surface area contributed by atoms with Gasteiger partial charge in [0.1, 0.15) is 5.82 Å². The number of amides is 1. The van der Waals surface area contributed by atoms with Gasteiger partial charge >= 0.3 is 5.97 Å². The number of pyridine rings is 1. The molecule has 2 heterocycles. The summed E-state index contributed by atoms with van der Waals surface area (Å²) in [5.41, 5.74) is 0.427. The third-order valence-corrected chi connectivity index (χ3v) is 4.54. The summed E-state index contributed by atoms with van der Waals surface area (Å²) >= 11 is 3.31. The van der Waals surface area contributed by atoms with E-state index in [0.29, 0.717) is 31.7 Å². The van der Waals surface area contributed by atoms with Gasteiger partial charge in [0.15, 0.2) is 6.61 Å². The molecule has 0 aliphatic carbocycles. The summed E-state index contributed by atoms with van der Waals surface area (Å²) in [6.07, 6.45) is 1.76. The number of piperazine rings is 1. The zero-order chi connectivity index (χ0) is 17.6. The van der Waals surface area contributed by atoms with E-state index in [1.165, 1.54) is 0 Å². The van der Waals surface area contributed by atoms with Crippen LogP contribution in [0.2, 0.25) is 0 Å². The number of anilines is 1. The molecular weight excluding hydrogens is 386 g/mol. The summed E-state index contributed by atoms with van der Waals surface area (Å²) < 4.78 is 6.00. The highest BCUT2D eigenvalue weighted by Gasteiger charge is 2.22. The van der Waals surface area contributed by atoms with E-state index in [2.05, 4.69) is 25.8 Å². The Morgan fingerprint density at radius 1 is 1.04 bits per heavy atom. The van der Waals surface area contributed by atoms with Crippen molar-refractivity contribution >= 4 is 33.6 Å². The molecule has 1 amide bonds. The quantitative estimate of drug-likeness (QED) is 0.733. The number of halogens is 1. The molecule has 7 heteroatoms. The minimum Gasteiger partial charge on any atom is -0.452 e. The zero-order valence-electron chi connectivity index (χ0n) is 13.6. The monoisotopic (exact) mass is 403 g/mol. The molecule has 6 nitrogen and oxygen atoms in total. The Balaban J connectivity index is 1.46. The van der Waals surface area contributed by atoms with Crippen molar-refractivity contribution in [2.45, 2.75) is 0 Å². The van der Waals surface area contributed by atoms with Crippen LogP contribution in [0.1, 0.15) is 10.4 Å². The van der Waals surface area contributed by atoms with Gasteiger partial charge in [0.2, 0.25) is 0 Å². The molecule has 130 valence electrons. The lowest BCUT2D eigenvalue weighted by atomic mass is 10.2. The van der Waals surface area contributed by atoms with Crippen LogP contribution in [0.3, 0.4) is 0 Å². The first-order valence-electron chi connectivity index (χ1n) is 8.00. The fourth-order valence-electron chi connectivity index (χ4n) is 2.61. The van der Waals surface area contributed by atoms with Crippen LogP contribution in [0.5, 0.6) is 0 Å². The average molecular weight is 404 g/mol. The van der Waals surface area contributed by atoms with Gasteiger partial charge in [0.25, 0.3) is 5.91 Å². The summed E-state index contributed by atoms with van der Waals surface area (Å²) in [6.45, 7) is 2.36. The number of benzene rings is 1. The van der Waals surface area contributed by atoms with E-state index in [1.807, 2.05) is 18.2 Å². The molecule has 25 heavy (non-hydrogen) atoms. The maximum absolute atomic E-state index is 12.2. The Bertz CT molecular complexity index is 729. The van der Waals surface area contributed by atoms with Gasteiger partial charge in [0, 0.05) is 36.8 Å². The first kappa shape index (κ1) is 17.4. The SMILES string of the molecule is O=C(OCC(=O)N1CCN(c2ccccn2)CC1)c1ccc(Br)cc1. The third kappa shape index (κ3) is 4.57. The molecule has 1 aromatic heterocycles. The standard InChI is InChI=1S/C18H18BrN3O3/c19-15-6-4-14(5-7-15)18(24)25-13-17(23)22-11-9-21(10-12-22)16-3-1-2-8-20-16/h1-8H,9-13H2. The number of carbonyl (C=O) groups is 2. The molecule has 2 aromatic rings. The molecule has 0 spiro atoms. The van der Waals surface area contributed by atoms with E-state index in [1.54, 1.807) is 35.4 Å². The zero-order valence-corrected chi connectivity index (χ0v) is 15.2. The molecule has 1 saturated heterocycles. The summed E-state index contributed by atoms with van der Waals surface area (Å²) in [4.78, 5) is 32.4. The Labute approximate surface area is 154 Å². The average Bonchev–Trinajstić information content (AvgIpc) is 2.67. The summed E-state index contributed by atoms with van der Waals surface area (Å²) in [5, 5.41) is 0. The van der Waals surface area contributed by atoms with Gasteiger partial charge in [0.05, 0.1) is 5.56 Å². The van der Waals surface area contributed by atoms with Crippen molar-refractivity contribution in [1.29, 1.82) is 0 Å². The fraction of sp³-hybridized carbons (Fsp3) is 0.278. The van der Waals surface area contributed by atoms with Gasteiger partial charge < -0.3 is 14.5 Å². The van der Waals surface area contributed by atoms with Gasteiger partial charge in [-0.25, -0.2) is 9.78 Å². The smallest absolute Gasteiger partial charge is 0.338 e. The van der Waals surface area contributed by atoms with Crippen LogP contribution in [0, 0.1) is 0 Å². The van der Waals surface area contributed by atoms with Gasteiger partial charge in [-0.2, -0.15) is 0 Å². The van der Waals surface area contributed by atoms with Crippen molar-refractivity contribution < 1.29 is 14.3 Å². The minimum absolute atomic E-state index is 0.175. The third-order valence-electron chi connectivity index (χ3n) is 4.01. The van der Waals surface area contributed by atoms with Crippen molar-refractivity contribution in [3.8, 4) is 0 Å². The van der Waals surface area contributed by atoms with Crippen molar-refractivity contribution in [1.82, 2.24) is 9.88 Å². The van der Waals surface area contributed by atoms with Gasteiger partial charge in [-0.3, -0.25) is 4.79 Å². The molecule has 0 bridgehead atoms. The molecule has 1 fully saturated rings. The molecule has 1 aliphatic heterocycles. The molecular formula is C18H18BrN3O3. The summed E-state index contributed by atoms with van der Waals surface area (Å²) in [5.74, 6) is 0.246. The minimum atomic E-state index is -0.493. The van der Waals surface area contributed by atoms with Crippen LogP contribution >= 0.6 is 15.9 Å². The molecule has 0 atom stereocenters. The Morgan fingerprint density at radius 2 is 1.76 bits per heavy atom. The van der Waals surface area contributed by atoms with Gasteiger partial charge in [-0.05, 0) is 36.4 Å². The van der Waals surface area contributed by atoms with Crippen LogP contribution in [0.15, 0.2) is 53.1 Å². The van der Waals surface area contributed by atoms with Crippen molar-refractivity contribution in [3.05, 3.63) is 58.7 Å². The second-order valence-electron chi connectivity index (χ2n) is 5.64. The highest BCUT2D eigenvalue weighted by Crippen LogP contribution is 2.13. The Hall–Kier alpha value is -2.41. The van der Waals surface area contributed by atoms with Crippen molar-refractivity contribution in [3.63, 3.8) is 0 Å². The van der Waals surface area contributed by atoms with Crippen molar-refractivity contribution in [2.75, 3.05) is 37.7 Å². The second-order valence-corrected chi connectivity index (χ2v) is 6.55. The Morgan fingerprint density at radius 3 is 2.40 bits per heavy atom. The number of aromatic nitrogens is 1. The molecule has 0 unspecified atom stereocenters. The number of nitrogens with zero attached hydrogens (tertiary/aromatic N) is 3. The number of hydrogen-bond acceptors (Lipinski definition) is 5. The van der Waals surface area contributed by atoms with E-state index in [-0.39, 0.29) is 12.5 Å². The van der Waals surface area contributed by atoms with Gasteiger partial charge in [-0.1, -0.05) is 22.0 Å². The predicted molar refractivity (Wildman–Crippen MR) is 97.5 cm³/mol. The molecule has 0 N–H and O–H groups in total. The number of rotatable bonds is 4. The topological polar surface area (TPSA) is 62.7 Å². The highest BCUT2D eigenvalue weighted by atomic mass is 79.9. The number of hydrogen-bond donors (Lipinski definition) is 0. The lowest BCUT2D eigenvalue weighted by Crippen LogP contribution is -2.50. The lowest BCUT2D eigenvalue weighted by Gasteiger charge is -2.35. The van der Waals surface area contributed by atoms with E-state index in [4.69, 9.17) is 4.74 Å². The highest BCUT2D eigenvalue weighted by molar-refractivity contribution is 9.10. The van der Waals surface area contributed by atoms with E-state index < -0.39 is 5.97 Å². The number of carbonyl (C=O) groups excluding carboxylic acids is 2. The van der Waals surface area contributed by atoms with E-state index in [9.17, 15) is 9.59 Å². The maximum Gasteiger partial charge on any atom is 0.338 e. The van der Waals surface area contributed by atoms with E-state index >= 15 is 0 Å². The first-order valence-corrected chi connectivity index (χ1v) is 8.79. The van der Waals surface area contributed by atoms with Crippen LogP contribution in [-0.4, -0.2) is 54.5 Å². The van der Waals surface area contributed by atoms with Crippen LogP contribution in [0.4, 0.5) is 5.82 Å². The largest absolute Gasteiger partial charge is 0.452 e. The Kier molecular flexibility index (Phi) is 5.65. The molecule has 0 radical (unpaired) electrons. The second kappa shape index (κ2) is 8.11. The lowest BCUT2D eigenvalue weighted by molar-refractivity contribution is -0.134. The number of esters is 1. The fourth-order valence-corrected chi connectivity index (χ4v) is 2.88. The molecule has 0 saturated carbocycles. The van der Waals surface area contributed by atoms with Crippen LogP contribution < -0.4 is 4.90 Å². The number of ether oxygens (including phenoxy) is 1. The van der Waals surface area contributed by atoms with Crippen LogP contribution in [-0.2, 0) is 9.53 Å². The molecule has 1 aliphatic rings. The normalized spacial score (nSPS) is 14.3. The molecule has 3 rings (SSSR count). The molecule has 1 aromatic carbocycles. The van der Waals surface area contributed by atoms with Crippen LogP contribution in [0.25, 0.3) is 0 Å². The maximum atomic E-state index is 12.2. The van der Waals surface area contributed by atoms with Gasteiger partial charge in [-0.15, -0.1) is 0 Å². The predicted octanol–water partition coefficient (Wildman–Crippen LogP) is 2.35. The van der Waals surface area contributed by atoms with E-state index in [0.717, 1.165) is 10.3 Å².